The lowest BCUT2D eigenvalue weighted by molar-refractivity contribution is -0.136. The average Bonchev–Trinajstić information content (AvgIpc) is 2.59. The summed E-state index contributed by atoms with van der Waals surface area (Å²) < 4.78 is 0. The fourth-order valence-electron chi connectivity index (χ4n) is 2.04. The van der Waals surface area contributed by atoms with Crippen LogP contribution in [0.5, 0.6) is 0 Å². The first-order valence-electron chi connectivity index (χ1n) is 7.67. The second kappa shape index (κ2) is 8.69. The molecule has 2 aromatic carbocycles. The van der Waals surface area contributed by atoms with Crippen LogP contribution in [0.4, 0.5) is 11.4 Å². The smallest absolute Gasteiger partial charge is 0.313 e. The maximum Gasteiger partial charge on any atom is 0.313 e. The molecule has 0 saturated heterocycles. The predicted octanol–water partition coefficient (Wildman–Crippen LogP) is 3.30. The largest absolute Gasteiger partial charge is 0.339 e. The Hall–Kier alpha value is -2.57. The van der Waals surface area contributed by atoms with Gasteiger partial charge in [-0.3, -0.25) is 14.4 Å². The van der Waals surface area contributed by atoms with Crippen LogP contribution in [0.15, 0.2) is 36.4 Å². The second-order valence-corrected chi connectivity index (χ2v) is 6.45. The Morgan fingerprint density at radius 2 is 1.62 bits per heavy atom. The van der Waals surface area contributed by atoms with Crippen LogP contribution < -0.4 is 16.0 Å². The molecule has 0 heterocycles. The van der Waals surface area contributed by atoms with Crippen LogP contribution in [0.1, 0.15) is 11.1 Å². The van der Waals surface area contributed by atoms with Gasteiger partial charge in [-0.1, -0.05) is 29.3 Å². The minimum Gasteiger partial charge on any atom is -0.339 e. The topological polar surface area (TPSA) is 87.3 Å². The molecule has 0 spiro atoms. The van der Waals surface area contributed by atoms with Crippen LogP contribution in [0.2, 0.25) is 10.0 Å². The van der Waals surface area contributed by atoms with Crippen molar-refractivity contribution in [2.24, 2.45) is 0 Å². The number of rotatable bonds is 4. The summed E-state index contributed by atoms with van der Waals surface area (Å²) in [4.78, 5) is 35.6. The van der Waals surface area contributed by atoms with E-state index in [9.17, 15) is 14.4 Å². The summed E-state index contributed by atoms with van der Waals surface area (Å²) in [5.74, 6) is -2.32. The van der Waals surface area contributed by atoms with Crippen LogP contribution in [-0.4, -0.2) is 24.3 Å². The summed E-state index contributed by atoms with van der Waals surface area (Å²) in [6, 6.07) is 9.89. The molecular weight excluding hydrogens is 377 g/mol. The molecule has 26 heavy (non-hydrogen) atoms. The van der Waals surface area contributed by atoms with E-state index < -0.39 is 17.7 Å². The van der Waals surface area contributed by atoms with E-state index in [1.54, 1.807) is 18.2 Å². The number of anilines is 2. The highest BCUT2D eigenvalue weighted by Crippen LogP contribution is 2.25. The Morgan fingerprint density at radius 3 is 2.31 bits per heavy atom. The molecule has 3 amide bonds. The fraction of sp³-hybridized carbons (Fsp3) is 0.167. The maximum atomic E-state index is 11.9. The van der Waals surface area contributed by atoms with Crippen LogP contribution in [0.25, 0.3) is 0 Å². The van der Waals surface area contributed by atoms with E-state index in [0.29, 0.717) is 21.4 Å². The molecule has 0 radical (unpaired) electrons. The van der Waals surface area contributed by atoms with Gasteiger partial charge < -0.3 is 16.0 Å². The zero-order valence-corrected chi connectivity index (χ0v) is 15.7. The Kier molecular flexibility index (Phi) is 6.60. The third kappa shape index (κ3) is 5.47. The lowest BCUT2D eigenvalue weighted by atomic mass is 10.1. The molecule has 0 unspecified atom stereocenters. The Balaban J connectivity index is 1.86. The van der Waals surface area contributed by atoms with Crippen molar-refractivity contribution in [3.63, 3.8) is 0 Å². The first-order chi connectivity index (χ1) is 12.3. The minimum atomic E-state index is -0.921. The van der Waals surface area contributed by atoms with Gasteiger partial charge in [0.05, 0.1) is 17.3 Å². The highest BCUT2D eigenvalue weighted by molar-refractivity contribution is 6.40. The number of benzene rings is 2. The number of carbonyl (C=O) groups is 3. The minimum absolute atomic E-state index is 0.307. The first-order valence-corrected chi connectivity index (χ1v) is 8.43. The van der Waals surface area contributed by atoms with Crippen molar-refractivity contribution in [2.75, 3.05) is 17.2 Å². The van der Waals surface area contributed by atoms with E-state index in [0.717, 1.165) is 11.1 Å². The molecule has 0 atom stereocenters. The summed E-state index contributed by atoms with van der Waals surface area (Å²) >= 11 is 11.8. The number of aryl methyl sites for hydroxylation is 2. The molecule has 2 rings (SSSR count). The van der Waals surface area contributed by atoms with E-state index in [1.807, 2.05) is 19.9 Å². The number of halogens is 2. The SMILES string of the molecule is Cc1ccc(NC(=O)C(=O)NCC(=O)Nc2cc(Cl)ccc2Cl)cc1C. The molecule has 0 aliphatic rings. The zero-order valence-electron chi connectivity index (χ0n) is 14.2. The Bertz CT molecular complexity index is 869. The van der Waals surface area contributed by atoms with E-state index in [4.69, 9.17) is 23.2 Å². The quantitative estimate of drug-likeness (QED) is 0.696. The summed E-state index contributed by atoms with van der Waals surface area (Å²) in [6.45, 7) is 3.46. The molecule has 0 saturated carbocycles. The van der Waals surface area contributed by atoms with Crippen LogP contribution >= 0.6 is 23.2 Å². The number of carbonyl (C=O) groups excluding carboxylic acids is 3. The Labute approximate surface area is 160 Å². The van der Waals surface area contributed by atoms with E-state index in [2.05, 4.69) is 16.0 Å². The molecule has 3 N–H and O–H groups in total. The van der Waals surface area contributed by atoms with Crippen molar-refractivity contribution < 1.29 is 14.4 Å². The summed E-state index contributed by atoms with van der Waals surface area (Å²) in [5, 5.41) is 7.94. The van der Waals surface area contributed by atoms with Gasteiger partial charge in [-0.2, -0.15) is 0 Å². The van der Waals surface area contributed by atoms with E-state index in [1.165, 1.54) is 12.1 Å². The highest BCUT2D eigenvalue weighted by atomic mass is 35.5. The fourth-order valence-corrected chi connectivity index (χ4v) is 2.37. The molecule has 6 nitrogen and oxygen atoms in total. The van der Waals surface area contributed by atoms with Gasteiger partial charge in [-0.15, -0.1) is 0 Å². The summed E-state index contributed by atoms with van der Waals surface area (Å²) in [7, 11) is 0. The first kappa shape index (κ1) is 19.8. The van der Waals surface area contributed by atoms with Gasteiger partial charge >= 0.3 is 11.8 Å². The van der Waals surface area contributed by atoms with Crippen molar-refractivity contribution in [2.45, 2.75) is 13.8 Å². The van der Waals surface area contributed by atoms with Crippen molar-refractivity contribution in [3.8, 4) is 0 Å². The van der Waals surface area contributed by atoms with Gasteiger partial charge in [0.1, 0.15) is 0 Å². The van der Waals surface area contributed by atoms with Gasteiger partial charge in [0.15, 0.2) is 0 Å². The molecule has 0 aliphatic heterocycles. The van der Waals surface area contributed by atoms with Gasteiger partial charge in [0.25, 0.3) is 0 Å². The molecule has 2 aromatic rings. The summed E-state index contributed by atoms with van der Waals surface area (Å²) in [6.07, 6.45) is 0. The predicted molar refractivity (Wildman–Crippen MR) is 103 cm³/mol. The lowest BCUT2D eigenvalue weighted by Gasteiger charge is -2.10. The highest BCUT2D eigenvalue weighted by Gasteiger charge is 2.15. The summed E-state index contributed by atoms with van der Waals surface area (Å²) in [5.41, 5.74) is 2.88. The average molecular weight is 394 g/mol. The molecule has 0 aromatic heterocycles. The third-order valence-electron chi connectivity index (χ3n) is 3.58. The van der Waals surface area contributed by atoms with Crippen molar-refractivity contribution in [3.05, 3.63) is 57.6 Å². The monoisotopic (exact) mass is 393 g/mol. The molecule has 8 heteroatoms. The molecule has 136 valence electrons. The molecule has 0 bridgehead atoms. The van der Waals surface area contributed by atoms with Crippen LogP contribution in [-0.2, 0) is 14.4 Å². The number of amides is 3. The maximum absolute atomic E-state index is 11.9. The van der Waals surface area contributed by atoms with Crippen molar-refractivity contribution >= 4 is 52.3 Å². The van der Waals surface area contributed by atoms with Gasteiger partial charge in [-0.05, 0) is 55.3 Å². The zero-order chi connectivity index (χ0) is 19.3. The number of nitrogens with one attached hydrogen (secondary N) is 3. The number of hydrogen-bond donors (Lipinski definition) is 3. The standard InChI is InChI=1S/C18H17Cl2N3O3/c1-10-3-5-13(7-11(10)2)22-18(26)17(25)21-9-16(24)23-15-8-12(19)4-6-14(15)20/h3-8H,9H2,1-2H3,(H,21,25)(H,22,26)(H,23,24). The number of hydrogen-bond acceptors (Lipinski definition) is 3. The molecular formula is C18H17Cl2N3O3. The third-order valence-corrected chi connectivity index (χ3v) is 4.15. The van der Waals surface area contributed by atoms with E-state index >= 15 is 0 Å². The van der Waals surface area contributed by atoms with Gasteiger partial charge in [-0.25, -0.2) is 0 Å². The van der Waals surface area contributed by atoms with Crippen molar-refractivity contribution in [1.82, 2.24) is 5.32 Å². The lowest BCUT2D eigenvalue weighted by Crippen LogP contribution is -2.39. The van der Waals surface area contributed by atoms with Crippen LogP contribution in [0, 0.1) is 13.8 Å². The van der Waals surface area contributed by atoms with Gasteiger partial charge in [0.2, 0.25) is 5.91 Å². The molecule has 0 aliphatic carbocycles. The Morgan fingerprint density at radius 1 is 0.885 bits per heavy atom. The van der Waals surface area contributed by atoms with Crippen LogP contribution in [0.3, 0.4) is 0 Å². The molecule has 0 fully saturated rings. The second-order valence-electron chi connectivity index (χ2n) is 5.61. The van der Waals surface area contributed by atoms with E-state index in [-0.39, 0.29) is 6.54 Å². The van der Waals surface area contributed by atoms with Crippen molar-refractivity contribution in [1.29, 1.82) is 0 Å². The normalized spacial score (nSPS) is 10.2. The van der Waals surface area contributed by atoms with Gasteiger partial charge in [0, 0.05) is 10.7 Å².